The van der Waals surface area contributed by atoms with Crippen LogP contribution in [0.2, 0.25) is 0 Å². The van der Waals surface area contributed by atoms with Crippen molar-refractivity contribution in [2.45, 2.75) is 51.4 Å². The molecule has 0 aromatic carbocycles. The summed E-state index contributed by atoms with van der Waals surface area (Å²) in [4.78, 5) is 38.5. The van der Waals surface area contributed by atoms with Gasteiger partial charge in [0, 0.05) is 31.5 Å². The minimum Gasteiger partial charge on any atom is -0.369 e. The predicted molar refractivity (Wildman–Crippen MR) is 117 cm³/mol. The van der Waals surface area contributed by atoms with E-state index in [1.165, 1.54) is 0 Å². The van der Waals surface area contributed by atoms with Crippen LogP contribution < -0.4 is 11.1 Å². The summed E-state index contributed by atoms with van der Waals surface area (Å²) in [5.41, 5.74) is 6.42. The molecule has 2 aliphatic rings. The van der Waals surface area contributed by atoms with Gasteiger partial charge in [-0.05, 0) is 77.4 Å². The van der Waals surface area contributed by atoms with E-state index in [1.54, 1.807) is 11.3 Å². The van der Waals surface area contributed by atoms with E-state index in [1.807, 2.05) is 16.3 Å². The number of hydrogen-bond donors (Lipinski definition) is 2. The van der Waals surface area contributed by atoms with E-state index in [9.17, 15) is 14.4 Å². The van der Waals surface area contributed by atoms with E-state index < -0.39 is 0 Å². The van der Waals surface area contributed by atoms with Gasteiger partial charge in [0.15, 0.2) is 0 Å². The molecule has 3 amide bonds. The number of rotatable bonds is 6. The highest BCUT2D eigenvalue weighted by Gasteiger charge is 2.29. The summed E-state index contributed by atoms with van der Waals surface area (Å²) in [5, 5.41) is 5.13. The number of carbonyl (C=O) groups is 3. The standard InChI is InChI=1S/C21H30BrN3O3S/c22-18-9-15(13-29-18)10-19(26)25-8-2-1-3-14(12-25)11-24-21(28)17-6-4-16(5-7-17)20(23)27/h9,13-14,16-17H,1-8,10-12H2,(H2,23,27)(H,24,28). The first-order chi connectivity index (χ1) is 13.9. The molecule has 0 bridgehead atoms. The zero-order valence-electron chi connectivity index (χ0n) is 16.7. The van der Waals surface area contributed by atoms with Crippen molar-refractivity contribution in [2.75, 3.05) is 19.6 Å². The largest absolute Gasteiger partial charge is 0.369 e. The smallest absolute Gasteiger partial charge is 0.227 e. The Balaban J connectivity index is 1.45. The summed E-state index contributed by atoms with van der Waals surface area (Å²) >= 11 is 5.04. The van der Waals surface area contributed by atoms with E-state index in [-0.39, 0.29) is 29.6 Å². The summed E-state index contributed by atoms with van der Waals surface area (Å²) in [7, 11) is 0. The molecular formula is C21H30BrN3O3S. The van der Waals surface area contributed by atoms with Gasteiger partial charge in [0.1, 0.15) is 0 Å². The fraction of sp³-hybridized carbons (Fsp3) is 0.667. The number of primary amides is 1. The third-order valence-corrected chi connectivity index (χ3v) is 7.72. The Morgan fingerprint density at radius 3 is 2.52 bits per heavy atom. The molecule has 1 aromatic rings. The van der Waals surface area contributed by atoms with E-state index in [2.05, 4.69) is 21.2 Å². The molecule has 1 saturated heterocycles. The summed E-state index contributed by atoms with van der Waals surface area (Å²) in [6.45, 7) is 2.12. The number of nitrogens with zero attached hydrogens (tertiary/aromatic N) is 1. The molecule has 3 rings (SSSR count). The van der Waals surface area contributed by atoms with Gasteiger partial charge in [-0.3, -0.25) is 14.4 Å². The molecule has 0 spiro atoms. The molecule has 2 fully saturated rings. The van der Waals surface area contributed by atoms with Crippen LogP contribution in [0.25, 0.3) is 0 Å². The first kappa shape index (κ1) is 22.3. The molecule has 0 radical (unpaired) electrons. The maximum absolute atomic E-state index is 12.7. The second-order valence-electron chi connectivity index (χ2n) is 8.33. The van der Waals surface area contributed by atoms with Crippen molar-refractivity contribution in [1.82, 2.24) is 10.2 Å². The number of thiophene rings is 1. The Labute approximate surface area is 184 Å². The zero-order chi connectivity index (χ0) is 20.8. The van der Waals surface area contributed by atoms with Gasteiger partial charge < -0.3 is 16.0 Å². The fourth-order valence-electron chi connectivity index (χ4n) is 4.38. The van der Waals surface area contributed by atoms with Crippen LogP contribution in [0.4, 0.5) is 0 Å². The highest BCUT2D eigenvalue weighted by Crippen LogP contribution is 2.29. The van der Waals surface area contributed by atoms with Crippen molar-refractivity contribution in [3.05, 3.63) is 20.8 Å². The lowest BCUT2D eigenvalue weighted by Gasteiger charge is -2.28. The number of hydrogen-bond acceptors (Lipinski definition) is 4. The molecule has 2 heterocycles. The fourth-order valence-corrected chi connectivity index (χ4v) is 5.59. The first-order valence-corrected chi connectivity index (χ1v) is 12.2. The third kappa shape index (κ3) is 6.54. The van der Waals surface area contributed by atoms with Crippen LogP contribution in [-0.4, -0.2) is 42.3 Å². The summed E-state index contributed by atoms with van der Waals surface area (Å²) in [6.07, 6.45) is 6.43. The van der Waals surface area contributed by atoms with Crippen LogP contribution in [0.1, 0.15) is 50.5 Å². The summed E-state index contributed by atoms with van der Waals surface area (Å²) in [5.74, 6) is 0.190. The van der Waals surface area contributed by atoms with E-state index in [0.29, 0.717) is 38.3 Å². The number of halogens is 1. The second kappa shape index (κ2) is 10.6. The number of likely N-dealkylation sites (tertiary alicyclic amines) is 1. The molecule has 29 heavy (non-hydrogen) atoms. The third-order valence-electron chi connectivity index (χ3n) is 6.16. The quantitative estimate of drug-likeness (QED) is 0.650. The van der Waals surface area contributed by atoms with Crippen molar-refractivity contribution in [3.63, 3.8) is 0 Å². The SMILES string of the molecule is NC(=O)C1CCC(C(=O)NCC2CCCCN(C(=O)Cc3csc(Br)c3)C2)CC1. The molecule has 1 atom stereocenters. The van der Waals surface area contributed by atoms with Crippen molar-refractivity contribution < 1.29 is 14.4 Å². The van der Waals surface area contributed by atoms with Gasteiger partial charge in [-0.15, -0.1) is 11.3 Å². The van der Waals surface area contributed by atoms with Gasteiger partial charge in [-0.1, -0.05) is 6.42 Å². The van der Waals surface area contributed by atoms with Crippen molar-refractivity contribution in [2.24, 2.45) is 23.5 Å². The molecule has 3 N–H and O–H groups in total. The molecule has 160 valence electrons. The van der Waals surface area contributed by atoms with Crippen LogP contribution >= 0.6 is 27.3 Å². The van der Waals surface area contributed by atoms with Crippen LogP contribution in [0, 0.1) is 17.8 Å². The Hall–Kier alpha value is -1.41. The van der Waals surface area contributed by atoms with Gasteiger partial charge in [-0.25, -0.2) is 0 Å². The molecule has 1 aliphatic carbocycles. The second-order valence-corrected chi connectivity index (χ2v) is 10.6. The highest BCUT2D eigenvalue weighted by molar-refractivity contribution is 9.11. The maximum Gasteiger partial charge on any atom is 0.227 e. The minimum atomic E-state index is -0.248. The van der Waals surface area contributed by atoms with Crippen molar-refractivity contribution in [3.8, 4) is 0 Å². The average molecular weight is 484 g/mol. The van der Waals surface area contributed by atoms with Crippen LogP contribution in [-0.2, 0) is 20.8 Å². The van der Waals surface area contributed by atoms with Crippen LogP contribution in [0.5, 0.6) is 0 Å². The van der Waals surface area contributed by atoms with Crippen LogP contribution in [0.15, 0.2) is 15.2 Å². The normalized spacial score (nSPS) is 25.3. The van der Waals surface area contributed by atoms with Gasteiger partial charge in [0.25, 0.3) is 0 Å². The van der Waals surface area contributed by atoms with E-state index in [0.717, 1.165) is 48.0 Å². The molecule has 1 unspecified atom stereocenters. The molecule has 8 heteroatoms. The van der Waals surface area contributed by atoms with Crippen molar-refractivity contribution in [1.29, 1.82) is 0 Å². The number of amides is 3. The van der Waals surface area contributed by atoms with Crippen LogP contribution in [0.3, 0.4) is 0 Å². The highest BCUT2D eigenvalue weighted by atomic mass is 79.9. The van der Waals surface area contributed by atoms with E-state index >= 15 is 0 Å². The lowest BCUT2D eigenvalue weighted by molar-refractivity contribution is -0.131. The Morgan fingerprint density at radius 1 is 1.14 bits per heavy atom. The molecular weight excluding hydrogens is 454 g/mol. The first-order valence-electron chi connectivity index (χ1n) is 10.5. The lowest BCUT2D eigenvalue weighted by Crippen LogP contribution is -2.41. The molecule has 1 aromatic heterocycles. The average Bonchev–Trinajstić information content (AvgIpc) is 2.97. The Bertz CT molecular complexity index is 731. The Kier molecular flexibility index (Phi) is 8.12. The molecule has 1 saturated carbocycles. The number of nitrogens with one attached hydrogen (secondary N) is 1. The maximum atomic E-state index is 12.7. The topological polar surface area (TPSA) is 92.5 Å². The Morgan fingerprint density at radius 2 is 1.86 bits per heavy atom. The number of nitrogens with two attached hydrogens (primary N) is 1. The lowest BCUT2D eigenvalue weighted by atomic mass is 9.81. The van der Waals surface area contributed by atoms with Gasteiger partial charge in [-0.2, -0.15) is 0 Å². The van der Waals surface area contributed by atoms with Gasteiger partial charge in [0.05, 0.1) is 10.2 Å². The molecule has 6 nitrogen and oxygen atoms in total. The monoisotopic (exact) mass is 483 g/mol. The number of carbonyl (C=O) groups excluding carboxylic acids is 3. The molecule has 1 aliphatic heterocycles. The summed E-state index contributed by atoms with van der Waals surface area (Å²) in [6, 6.07) is 2.01. The van der Waals surface area contributed by atoms with Gasteiger partial charge >= 0.3 is 0 Å². The van der Waals surface area contributed by atoms with Gasteiger partial charge in [0.2, 0.25) is 17.7 Å². The van der Waals surface area contributed by atoms with Crippen molar-refractivity contribution >= 4 is 45.0 Å². The minimum absolute atomic E-state index is 0.0221. The predicted octanol–water partition coefficient (Wildman–Crippen LogP) is 3.09. The van der Waals surface area contributed by atoms with E-state index in [4.69, 9.17) is 5.73 Å². The zero-order valence-corrected chi connectivity index (χ0v) is 19.1. The summed E-state index contributed by atoms with van der Waals surface area (Å²) < 4.78 is 1.04.